The number of thioether (sulfide) groups is 1. The summed E-state index contributed by atoms with van der Waals surface area (Å²) in [6.07, 6.45) is 0. The van der Waals surface area contributed by atoms with Crippen LogP contribution in [0.15, 0.2) is 74.9 Å². The quantitative estimate of drug-likeness (QED) is 0.431. The van der Waals surface area contributed by atoms with Crippen molar-refractivity contribution >= 4 is 34.8 Å². The number of ether oxygens (including phenoxy) is 1. The first-order valence-electron chi connectivity index (χ1n) is 9.45. The summed E-state index contributed by atoms with van der Waals surface area (Å²) in [6.45, 7) is 1.77. The molecule has 0 radical (unpaired) electrons. The zero-order valence-corrected chi connectivity index (χ0v) is 17.7. The first kappa shape index (κ1) is 20.5. The van der Waals surface area contributed by atoms with Crippen molar-refractivity contribution in [3.05, 3.63) is 82.5 Å². The van der Waals surface area contributed by atoms with Gasteiger partial charge in [0.25, 0.3) is 5.56 Å². The predicted molar refractivity (Wildman–Crippen MR) is 120 cm³/mol. The molecule has 2 aromatic carbocycles. The Morgan fingerprint density at radius 1 is 1.10 bits per heavy atom. The molecule has 0 aliphatic carbocycles. The molecule has 31 heavy (non-hydrogen) atoms. The third-order valence-corrected chi connectivity index (χ3v) is 5.40. The summed E-state index contributed by atoms with van der Waals surface area (Å²) in [5.41, 5.74) is 2.24. The lowest BCUT2D eigenvalue weighted by Gasteiger charge is -2.09. The number of amides is 2. The number of carbonyl (C=O) groups excluding carboxylic acids is 1. The summed E-state index contributed by atoms with van der Waals surface area (Å²) in [5, 5.41) is 5.56. The molecule has 2 aromatic heterocycles. The highest BCUT2D eigenvalue weighted by Gasteiger charge is 2.08. The van der Waals surface area contributed by atoms with Crippen molar-refractivity contribution in [3.8, 4) is 5.75 Å². The lowest BCUT2D eigenvalue weighted by molar-refractivity contribution is 0.262. The Balaban J connectivity index is 1.35. The van der Waals surface area contributed by atoms with Crippen LogP contribution >= 0.6 is 11.8 Å². The summed E-state index contributed by atoms with van der Waals surface area (Å²) in [6, 6.07) is 17.4. The van der Waals surface area contributed by atoms with Crippen molar-refractivity contribution in [2.24, 2.45) is 0 Å². The lowest BCUT2D eigenvalue weighted by Crippen LogP contribution is -2.19. The van der Waals surface area contributed by atoms with E-state index in [4.69, 9.17) is 9.26 Å². The molecule has 0 aliphatic heterocycles. The van der Waals surface area contributed by atoms with Crippen LogP contribution in [-0.2, 0) is 5.75 Å². The zero-order valence-electron chi connectivity index (χ0n) is 16.9. The molecular weight excluding hydrogens is 416 g/mol. The lowest BCUT2D eigenvalue weighted by atomic mass is 10.3. The third-order valence-electron chi connectivity index (χ3n) is 4.35. The number of nitrogens with one attached hydrogen (secondary N) is 2. The summed E-state index contributed by atoms with van der Waals surface area (Å²) < 4.78 is 11.6. The van der Waals surface area contributed by atoms with E-state index in [1.165, 1.54) is 10.6 Å². The van der Waals surface area contributed by atoms with Crippen LogP contribution in [0.1, 0.15) is 11.5 Å². The van der Waals surface area contributed by atoms with Crippen molar-refractivity contribution in [2.45, 2.75) is 17.6 Å². The second-order valence-corrected chi connectivity index (χ2v) is 7.76. The molecule has 0 fully saturated rings. The maximum atomic E-state index is 12.2. The normalized spacial score (nSPS) is 10.8. The maximum absolute atomic E-state index is 12.2. The molecule has 2 N–H and O–H groups in total. The van der Waals surface area contributed by atoms with Gasteiger partial charge in [0, 0.05) is 40.2 Å². The number of carbonyl (C=O) groups is 1. The van der Waals surface area contributed by atoms with E-state index in [2.05, 4.69) is 15.6 Å². The van der Waals surface area contributed by atoms with Crippen molar-refractivity contribution < 1.29 is 14.1 Å². The van der Waals surface area contributed by atoms with Crippen molar-refractivity contribution in [1.82, 2.24) is 9.56 Å². The fourth-order valence-corrected chi connectivity index (χ4v) is 3.72. The van der Waals surface area contributed by atoms with Gasteiger partial charge < -0.3 is 19.9 Å². The number of benzene rings is 2. The smallest absolute Gasteiger partial charge is 0.323 e. The van der Waals surface area contributed by atoms with Crippen molar-refractivity contribution in [3.63, 3.8) is 0 Å². The number of aromatic nitrogens is 2. The van der Waals surface area contributed by atoms with Gasteiger partial charge in [0.05, 0.1) is 12.8 Å². The molecule has 0 saturated carbocycles. The molecule has 2 heterocycles. The van der Waals surface area contributed by atoms with Crippen LogP contribution in [0.2, 0.25) is 0 Å². The monoisotopic (exact) mass is 436 g/mol. The van der Waals surface area contributed by atoms with Gasteiger partial charge in [-0.05, 0) is 43.3 Å². The number of anilines is 2. The average molecular weight is 436 g/mol. The van der Waals surface area contributed by atoms with E-state index < -0.39 is 0 Å². The van der Waals surface area contributed by atoms with Crippen LogP contribution in [0, 0.1) is 6.92 Å². The summed E-state index contributed by atoms with van der Waals surface area (Å²) in [5.74, 6) is 1.84. The Morgan fingerprint density at radius 2 is 1.87 bits per heavy atom. The van der Waals surface area contributed by atoms with Crippen LogP contribution < -0.4 is 20.9 Å². The van der Waals surface area contributed by atoms with E-state index in [0.717, 1.165) is 4.90 Å². The standard InChI is InChI=1S/C22H20N4O4S/c1-14-10-20-23-17(12-21(27)26(20)30-14)13-31-19-8-6-15(7-9-19)24-22(28)25-16-4-3-5-18(11-16)29-2/h3-12H,13H2,1-2H3,(H2,24,25,28). The van der Waals surface area contributed by atoms with Crippen molar-refractivity contribution in [1.29, 1.82) is 0 Å². The summed E-state index contributed by atoms with van der Waals surface area (Å²) >= 11 is 1.55. The molecule has 0 atom stereocenters. The van der Waals surface area contributed by atoms with Gasteiger partial charge >= 0.3 is 6.03 Å². The number of hydrogen-bond donors (Lipinski definition) is 2. The molecule has 0 unspecified atom stereocenters. The average Bonchev–Trinajstić information content (AvgIpc) is 3.14. The number of urea groups is 1. The van der Waals surface area contributed by atoms with Gasteiger partial charge in [-0.3, -0.25) is 4.79 Å². The van der Waals surface area contributed by atoms with Gasteiger partial charge in [0.1, 0.15) is 11.5 Å². The number of hydrogen-bond acceptors (Lipinski definition) is 6. The minimum Gasteiger partial charge on any atom is -0.497 e. The second-order valence-electron chi connectivity index (χ2n) is 6.71. The molecule has 0 saturated heterocycles. The van der Waals surface area contributed by atoms with Gasteiger partial charge in [-0.25, -0.2) is 9.78 Å². The minimum atomic E-state index is -0.345. The number of fused-ring (bicyclic) bond motifs is 1. The second kappa shape index (κ2) is 8.97. The number of nitrogens with zero attached hydrogens (tertiary/aromatic N) is 2. The first-order valence-corrected chi connectivity index (χ1v) is 10.4. The minimum absolute atomic E-state index is 0.240. The van der Waals surface area contributed by atoms with E-state index in [0.29, 0.717) is 40.0 Å². The number of aryl methyl sites for hydroxylation is 1. The van der Waals surface area contributed by atoms with Gasteiger partial charge in [-0.1, -0.05) is 6.07 Å². The Bertz CT molecular complexity index is 1280. The highest BCUT2D eigenvalue weighted by molar-refractivity contribution is 7.98. The zero-order chi connectivity index (χ0) is 21.8. The van der Waals surface area contributed by atoms with E-state index in [9.17, 15) is 9.59 Å². The third kappa shape index (κ3) is 5.07. The van der Waals surface area contributed by atoms with Gasteiger partial charge in [0.2, 0.25) is 0 Å². The molecule has 4 rings (SSSR count). The largest absolute Gasteiger partial charge is 0.497 e. The van der Waals surface area contributed by atoms with E-state index in [1.54, 1.807) is 56.1 Å². The Hall–Kier alpha value is -3.72. The Kier molecular flexibility index (Phi) is 5.94. The summed E-state index contributed by atoms with van der Waals surface area (Å²) in [4.78, 5) is 29.8. The predicted octanol–water partition coefficient (Wildman–Crippen LogP) is 4.54. The topological polar surface area (TPSA) is 97.9 Å². The van der Waals surface area contributed by atoms with E-state index >= 15 is 0 Å². The highest BCUT2D eigenvalue weighted by Crippen LogP contribution is 2.24. The number of methoxy groups -OCH3 is 1. The molecule has 0 bridgehead atoms. The van der Waals surface area contributed by atoms with Gasteiger partial charge in [-0.15, -0.1) is 16.3 Å². The molecule has 9 heteroatoms. The molecule has 4 aromatic rings. The molecule has 0 aliphatic rings. The molecule has 158 valence electrons. The molecule has 8 nitrogen and oxygen atoms in total. The van der Waals surface area contributed by atoms with E-state index in [1.807, 2.05) is 24.3 Å². The number of rotatable bonds is 6. The van der Waals surface area contributed by atoms with Crippen LogP contribution in [0.3, 0.4) is 0 Å². The Labute approximate surface area is 182 Å². The summed E-state index contributed by atoms with van der Waals surface area (Å²) in [7, 11) is 1.57. The van der Waals surface area contributed by atoms with Gasteiger partial charge in [-0.2, -0.15) is 0 Å². The SMILES string of the molecule is COc1cccc(NC(=O)Nc2ccc(SCc3cc(=O)n4oc(C)cc4n3)cc2)c1. The Morgan fingerprint density at radius 3 is 2.65 bits per heavy atom. The fraction of sp³-hybridized carbons (Fsp3) is 0.136. The van der Waals surface area contributed by atoms with Crippen molar-refractivity contribution in [2.75, 3.05) is 17.7 Å². The van der Waals surface area contributed by atoms with E-state index in [-0.39, 0.29) is 11.6 Å². The van der Waals surface area contributed by atoms with Crippen LogP contribution in [-0.4, -0.2) is 22.7 Å². The van der Waals surface area contributed by atoms with Crippen LogP contribution in [0.4, 0.5) is 16.2 Å². The molecule has 0 spiro atoms. The maximum Gasteiger partial charge on any atom is 0.323 e. The first-order chi connectivity index (χ1) is 15.0. The fourth-order valence-electron chi connectivity index (χ4n) is 2.93. The van der Waals surface area contributed by atoms with Crippen LogP contribution in [0.5, 0.6) is 5.75 Å². The highest BCUT2D eigenvalue weighted by atomic mass is 32.2. The van der Waals surface area contributed by atoms with Crippen LogP contribution in [0.25, 0.3) is 5.65 Å². The molecular formula is C22H20N4O4S. The van der Waals surface area contributed by atoms with Gasteiger partial charge in [0.15, 0.2) is 5.65 Å². The molecule has 2 amide bonds.